The molecule has 200 valence electrons. The third kappa shape index (κ3) is 4.84. The largest absolute Gasteiger partial charge is 0.416 e. The lowest BCUT2D eigenvalue weighted by molar-refractivity contribution is -0.137. The molecule has 0 aliphatic carbocycles. The van der Waals surface area contributed by atoms with E-state index < -0.39 is 35.5 Å². The van der Waals surface area contributed by atoms with Crippen molar-refractivity contribution in [3.05, 3.63) is 107 Å². The molecule has 0 bridgehead atoms. The van der Waals surface area contributed by atoms with Crippen LogP contribution >= 0.6 is 0 Å². The van der Waals surface area contributed by atoms with Crippen LogP contribution in [0.2, 0.25) is 0 Å². The van der Waals surface area contributed by atoms with Crippen molar-refractivity contribution in [3.8, 4) is 5.69 Å². The van der Waals surface area contributed by atoms with Crippen LogP contribution in [0, 0.1) is 0 Å². The number of fused-ring (bicyclic) bond motifs is 1. The number of carbonyl (C=O) groups excluding carboxylic acids is 2. The topological polar surface area (TPSA) is 99.5 Å². The van der Waals surface area contributed by atoms with Crippen LogP contribution in [-0.2, 0) is 11.0 Å². The van der Waals surface area contributed by atoms with Gasteiger partial charge in [0.25, 0.3) is 11.8 Å². The van der Waals surface area contributed by atoms with E-state index in [0.717, 1.165) is 23.9 Å². The minimum Gasteiger partial charge on any atom is -0.339 e. The second kappa shape index (κ2) is 10.3. The number of carbonyl (C=O) groups is 2. The lowest BCUT2D eigenvalue weighted by atomic mass is 9.82. The fourth-order valence-corrected chi connectivity index (χ4v) is 4.88. The van der Waals surface area contributed by atoms with Gasteiger partial charge in [-0.2, -0.15) is 18.3 Å². The molecule has 2 unspecified atom stereocenters. The van der Waals surface area contributed by atoms with E-state index in [1.807, 2.05) is 30.3 Å². The van der Waals surface area contributed by atoms with Crippen molar-refractivity contribution in [2.45, 2.75) is 25.1 Å². The van der Waals surface area contributed by atoms with E-state index in [1.54, 1.807) is 42.1 Å². The van der Waals surface area contributed by atoms with E-state index in [4.69, 9.17) is 0 Å². The van der Waals surface area contributed by atoms with Crippen LogP contribution in [0.1, 0.15) is 39.9 Å². The Hall–Kier alpha value is -4.64. The number of aromatic nitrogens is 2. The first kappa shape index (κ1) is 26.0. The highest BCUT2D eigenvalue weighted by atomic mass is 19.4. The lowest BCUT2D eigenvalue weighted by Gasteiger charge is -2.38. The SMILES string of the molecule is CCN1C(=O)C(NC(=O)c2cccc(C(F)(F)F)c2)C(c2cccc(NO)c2)c2cnn(-c3ccccc3)c21. The average molecular weight is 536 g/mol. The molecule has 0 radical (unpaired) electrons. The zero-order chi connectivity index (χ0) is 27.7. The zero-order valence-electron chi connectivity index (χ0n) is 20.7. The Kier molecular flexibility index (Phi) is 6.83. The summed E-state index contributed by atoms with van der Waals surface area (Å²) < 4.78 is 41.5. The number of likely N-dealkylation sites (N-methyl/N-ethyl adjacent to an activating group) is 1. The van der Waals surface area contributed by atoms with Gasteiger partial charge in [-0.1, -0.05) is 36.4 Å². The number of benzene rings is 3. The highest BCUT2D eigenvalue weighted by Crippen LogP contribution is 2.42. The third-order valence-electron chi connectivity index (χ3n) is 6.66. The molecular formula is C28H24F3N5O3. The summed E-state index contributed by atoms with van der Waals surface area (Å²) in [6.45, 7) is 2.04. The number of rotatable bonds is 6. The Morgan fingerprint density at radius 1 is 1.03 bits per heavy atom. The predicted molar refractivity (Wildman–Crippen MR) is 138 cm³/mol. The Morgan fingerprint density at radius 2 is 1.77 bits per heavy atom. The molecule has 1 aromatic heterocycles. The molecule has 2 atom stereocenters. The maximum atomic E-state index is 14.0. The Bertz CT molecular complexity index is 1520. The van der Waals surface area contributed by atoms with Gasteiger partial charge in [0, 0.05) is 23.6 Å². The van der Waals surface area contributed by atoms with Gasteiger partial charge in [0.15, 0.2) is 0 Å². The zero-order valence-corrected chi connectivity index (χ0v) is 20.7. The number of amides is 2. The van der Waals surface area contributed by atoms with Crippen molar-refractivity contribution in [3.63, 3.8) is 0 Å². The number of para-hydroxylation sites is 1. The van der Waals surface area contributed by atoms with Gasteiger partial charge in [-0.3, -0.25) is 25.2 Å². The molecule has 11 heteroatoms. The summed E-state index contributed by atoms with van der Waals surface area (Å²) in [6, 6.07) is 18.8. The molecule has 39 heavy (non-hydrogen) atoms. The standard InChI is InChI=1S/C28H24F3N5O3/c1-2-35-26-22(16-32-36(26)21-12-4-3-5-13-21)23(17-8-7-11-20(15-17)34-39)24(27(35)38)33-25(37)18-9-6-10-19(14-18)28(29,30)31/h3-16,23-24,34,39H,2H2,1H3,(H,33,37). The number of hydrogen-bond acceptors (Lipinski definition) is 5. The summed E-state index contributed by atoms with van der Waals surface area (Å²) in [5.74, 6) is -1.51. The molecule has 3 N–H and O–H groups in total. The number of anilines is 2. The maximum Gasteiger partial charge on any atom is 0.416 e. The van der Waals surface area contributed by atoms with Crippen molar-refractivity contribution in [1.82, 2.24) is 15.1 Å². The molecule has 3 aromatic carbocycles. The molecule has 2 amide bonds. The molecule has 1 aliphatic heterocycles. The van der Waals surface area contributed by atoms with Gasteiger partial charge in [0.1, 0.15) is 11.9 Å². The van der Waals surface area contributed by atoms with E-state index in [2.05, 4.69) is 15.9 Å². The van der Waals surface area contributed by atoms with E-state index in [0.29, 0.717) is 22.6 Å². The quantitative estimate of drug-likeness (QED) is 0.302. The second-order valence-electron chi connectivity index (χ2n) is 9.00. The summed E-state index contributed by atoms with van der Waals surface area (Å²) in [7, 11) is 0. The van der Waals surface area contributed by atoms with Gasteiger partial charge in [-0.25, -0.2) is 4.68 Å². The van der Waals surface area contributed by atoms with Crippen LogP contribution < -0.4 is 15.7 Å². The minimum absolute atomic E-state index is 0.226. The van der Waals surface area contributed by atoms with Crippen molar-refractivity contribution in [2.75, 3.05) is 16.9 Å². The van der Waals surface area contributed by atoms with Crippen LogP contribution in [0.4, 0.5) is 24.7 Å². The van der Waals surface area contributed by atoms with E-state index in [-0.39, 0.29) is 12.1 Å². The summed E-state index contributed by atoms with van der Waals surface area (Å²) in [5.41, 5.74) is 3.19. The lowest BCUT2D eigenvalue weighted by Crippen LogP contribution is -2.55. The molecule has 0 spiro atoms. The Balaban J connectivity index is 1.63. The highest BCUT2D eigenvalue weighted by Gasteiger charge is 2.44. The predicted octanol–water partition coefficient (Wildman–Crippen LogP) is 4.99. The highest BCUT2D eigenvalue weighted by molar-refractivity contribution is 6.05. The maximum absolute atomic E-state index is 14.0. The fraction of sp³-hybridized carbons (Fsp3) is 0.179. The van der Waals surface area contributed by atoms with Gasteiger partial charge in [-0.15, -0.1) is 0 Å². The first-order chi connectivity index (χ1) is 18.7. The van der Waals surface area contributed by atoms with Crippen LogP contribution in [0.5, 0.6) is 0 Å². The van der Waals surface area contributed by atoms with Crippen LogP contribution in [0.3, 0.4) is 0 Å². The van der Waals surface area contributed by atoms with E-state index in [1.165, 1.54) is 11.0 Å². The molecule has 8 nitrogen and oxygen atoms in total. The Morgan fingerprint density at radius 3 is 2.46 bits per heavy atom. The van der Waals surface area contributed by atoms with E-state index >= 15 is 0 Å². The third-order valence-corrected chi connectivity index (χ3v) is 6.66. The number of hydrogen-bond donors (Lipinski definition) is 3. The smallest absolute Gasteiger partial charge is 0.339 e. The van der Waals surface area contributed by atoms with Crippen molar-refractivity contribution in [2.24, 2.45) is 0 Å². The van der Waals surface area contributed by atoms with E-state index in [9.17, 15) is 28.0 Å². The van der Waals surface area contributed by atoms with Gasteiger partial charge >= 0.3 is 6.18 Å². The van der Waals surface area contributed by atoms with Crippen molar-refractivity contribution < 1.29 is 28.0 Å². The molecular weight excluding hydrogens is 511 g/mol. The number of alkyl halides is 3. The average Bonchev–Trinajstić information content (AvgIpc) is 3.38. The fourth-order valence-electron chi connectivity index (χ4n) is 4.88. The van der Waals surface area contributed by atoms with Gasteiger partial charge in [-0.05, 0) is 55.0 Å². The second-order valence-corrected chi connectivity index (χ2v) is 9.00. The molecule has 0 fully saturated rings. The van der Waals surface area contributed by atoms with Crippen LogP contribution in [0.25, 0.3) is 5.69 Å². The molecule has 0 saturated carbocycles. The summed E-state index contributed by atoms with van der Waals surface area (Å²) in [6.07, 6.45) is -3.01. The summed E-state index contributed by atoms with van der Waals surface area (Å²) in [4.78, 5) is 28.7. The first-order valence-electron chi connectivity index (χ1n) is 12.2. The minimum atomic E-state index is -4.63. The first-order valence-corrected chi connectivity index (χ1v) is 12.2. The number of nitrogens with zero attached hydrogens (tertiary/aromatic N) is 3. The Labute approximate surface area is 221 Å². The molecule has 0 saturated heterocycles. The van der Waals surface area contributed by atoms with Crippen molar-refractivity contribution in [1.29, 1.82) is 0 Å². The van der Waals surface area contributed by atoms with Gasteiger partial charge < -0.3 is 5.32 Å². The number of halogens is 3. The van der Waals surface area contributed by atoms with Crippen LogP contribution in [0.15, 0.2) is 85.1 Å². The van der Waals surface area contributed by atoms with Gasteiger partial charge in [0.2, 0.25) is 0 Å². The molecule has 4 aromatic rings. The summed E-state index contributed by atoms with van der Waals surface area (Å²) >= 11 is 0. The van der Waals surface area contributed by atoms with Crippen molar-refractivity contribution >= 4 is 23.3 Å². The number of nitrogens with one attached hydrogen (secondary N) is 2. The normalized spacial score (nSPS) is 17.1. The molecule has 5 rings (SSSR count). The van der Waals surface area contributed by atoms with Gasteiger partial charge in [0.05, 0.1) is 23.1 Å². The summed E-state index contributed by atoms with van der Waals surface area (Å²) in [5, 5.41) is 16.7. The molecule has 2 heterocycles. The van der Waals surface area contributed by atoms with Crippen LogP contribution in [-0.4, -0.2) is 39.4 Å². The molecule has 1 aliphatic rings. The monoisotopic (exact) mass is 535 g/mol.